The molecule has 1 aromatic heterocycles. The van der Waals surface area contributed by atoms with E-state index < -0.39 is 41.5 Å². The quantitative estimate of drug-likeness (QED) is 0.611. The molecule has 0 radical (unpaired) electrons. The molecule has 3 aliphatic heterocycles. The highest BCUT2D eigenvalue weighted by Crippen LogP contribution is 2.51. The van der Waals surface area contributed by atoms with E-state index in [0.717, 1.165) is 4.90 Å². The number of hydrogen-bond donors (Lipinski definition) is 1. The second-order valence-electron chi connectivity index (χ2n) is 11.3. The number of benzene rings is 1. The van der Waals surface area contributed by atoms with Gasteiger partial charge in [0, 0.05) is 38.8 Å². The van der Waals surface area contributed by atoms with E-state index in [1.165, 1.54) is 9.13 Å². The minimum atomic E-state index is -3.08. The molecule has 3 aliphatic rings. The van der Waals surface area contributed by atoms with E-state index in [-0.39, 0.29) is 50.5 Å². The first-order chi connectivity index (χ1) is 17.2. The Labute approximate surface area is 212 Å². The molecule has 1 unspecified atom stereocenters. The molecule has 3 saturated heterocycles. The van der Waals surface area contributed by atoms with Crippen LogP contribution in [0.25, 0.3) is 11.0 Å². The van der Waals surface area contributed by atoms with Gasteiger partial charge in [0.2, 0.25) is 11.8 Å². The lowest BCUT2D eigenvalue weighted by atomic mass is 9.69. The summed E-state index contributed by atoms with van der Waals surface area (Å²) in [5.74, 6) is -3.96. The zero-order chi connectivity index (χ0) is 26.9. The number of ether oxygens (including phenoxy) is 1. The number of aryl methyl sites for hydroxylation is 1. The summed E-state index contributed by atoms with van der Waals surface area (Å²) in [4.78, 5) is 52.2. The van der Waals surface area contributed by atoms with E-state index in [0.29, 0.717) is 16.7 Å². The van der Waals surface area contributed by atoms with Gasteiger partial charge >= 0.3 is 11.8 Å². The number of imide groups is 1. The molecule has 37 heavy (non-hydrogen) atoms. The Balaban J connectivity index is 1.34. The summed E-state index contributed by atoms with van der Waals surface area (Å²) in [5.41, 5.74) is -0.589. The lowest BCUT2D eigenvalue weighted by Gasteiger charge is -2.58. The van der Waals surface area contributed by atoms with Crippen molar-refractivity contribution in [3.05, 3.63) is 28.7 Å². The average Bonchev–Trinajstić information content (AvgIpc) is 3.00. The molecular formula is C25H31F2N5O5. The van der Waals surface area contributed by atoms with Crippen LogP contribution in [-0.4, -0.2) is 69.6 Å². The van der Waals surface area contributed by atoms with Gasteiger partial charge in [-0.1, -0.05) is 0 Å². The number of alkyl halides is 2. The van der Waals surface area contributed by atoms with E-state index >= 15 is 8.78 Å². The van der Waals surface area contributed by atoms with Gasteiger partial charge in [0.05, 0.1) is 23.0 Å². The second-order valence-corrected chi connectivity index (χ2v) is 11.3. The SMILES string of the molecule is Cn1c(=O)n(C2CCC(=O)NC2=O)c2ccc(N3CC4(CCN(C(=O)OC(C)(C)C)CC4(F)F)C3)cc21. The van der Waals surface area contributed by atoms with Crippen LogP contribution in [0.2, 0.25) is 0 Å². The van der Waals surface area contributed by atoms with Gasteiger partial charge in [-0.3, -0.25) is 24.0 Å². The van der Waals surface area contributed by atoms with Gasteiger partial charge in [0.25, 0.3) is 5.92 Å². The van der Waals surface area contributed by atoms with Gasteiger partial charge in [-0.2, -0.15) is 0 Å². The standard InChI is InChI=1S/C25H31F2N5O5/c1-23(2,3)37-22(36)30-10-9-24(25(26,27)14-30)12-31(13-24)15-5-6-16-18(11-15)29(4)21(35)32(16)17-7-8-19(33)28-20(17)34/h5-6,11,17H,7-10,12-14H2,1-4H3,(H,28,33,34). The van der Waals surface area contributed by atoms with Crippen LogP contribution < -0.4 is 15.9 Å². The molecule has 0 saturated carbocycles. The van der Waals surface area contributed by atoms with Crippen LogP contribution in [0.5, 0.6) is 0 Å². The molecule has 10 nitrogen and oxygen atoms in total. The number of carbonyl (C=O) groups excluding carboxylic acids is 3. The van der Waals surface area contributed by atoms with Crippen LogP contribution in [0.3, 0.4) is 0 Å². The number of likely N-dealkylation sites (tertiary alicyclic amines) is 1. The summed E-state index contributed by atoms with van der Waals surface area (Å²) in [6.07, 6.45) is -0.199. The lowest BCUT2D eigenvalue weighted by molar-refractivity contribution is -0.176. The van der Waals surface area contributed by atoms with Gasteiger partial charge in [-0.25, -0.2) is 18.4 Å². The summed E-state index contributed by atoms with van der Waals surface area (Å²) < 4.78 is 38.7. The highest BCUT2D eigenvalue weighted by Gasteiger charge is 2.63. The molecule has 12 heteroatoms. The summed E-state index contributed by atoms with van der Waals surface area (Å²) >= 11 is 0. The number of hydrogen-bond acceptors (Lipinski definition) is 6. The van der Waals surface area contributed by atoms with E-state index in [9.17, 15) is 19.2 Å². The Morgan fingerprint density at radius 1 is 1.11 bits per heavy atom. The summed E-state index contributed by atoms with van der Waals surface area (Å²) in [6, 6.07) is 4.44. The Hall–Kier alpha value is -3.44. The number of halogens is 2. The fourth-order valence-electron chi connectivity index (χ4n) is 5.54. The monoisotopic (exact) mass is 519 g/mol. The molecule has 1 aromatic carbocycles. The maximum atomic E-state index is 15.3. The number of aromatic nitrogens is 2. The highest BCUT2D eigenvalue weighted by atomic mass is 19.3. The van der Waals surface area contributed by atoms with Crippen molar-refractivity contribution in [2.45, 2.75) is 57.6 Å². The number of piperidine rings is 2. The minimum absolute atomic E-state index is 0.120. The second kappa shape index (κ2) is 8.29. The van der Waals surface area contributed by atoms with Crippen molar-refractivity contribution in [3.8, 4) is 0 Å². The van der Waals surface area contributed by atoms with Crippen LogP contribution >= 0.6 is 0 Å². The lowest BCUT2D eigenvalue weighted by Crippen LogP contribution is -2.70. The van der Waals surface area contributed by atoms with Crippen molar-refractivity contribution in [2.24, 2.45) is 12.5 Å². The van der Waals surface area contributed by atoms with E-state index in [1.807, 2.05) is 4.90 Å². The molecule has 4 heterocycles. The number of anilines is 1. The maximum Gasteiger partial charge on any atom is 0.410 e. The maximum absolute atomic E-state index is 15.3. The fraction of sp³-hybridized carbons (Fsp3) is 0.600. The first-order valence-electron chi connectivity index (χ1n) is 12.4. The molecule has 3 fully saturated rings. The molecule has 3 amide bonds. The number of imidazole rings is 1. The normalized spacial score (nSPS) is 23.2. The predicted molar refractivity (Wildman–Crippen MR) is 131 cm³/mol. The average molecular weight is 520 g/mol. The van der Waals surface area contributed by atoms with Crippen LogP contribution in [0.15, 0.2) is 23.0 Å². The number of nitrogens with zero attached hydrogens (tertiary/aromatic N) is 4. The van der Waals surface area contributed by atoms with E-state index in [4.69, 9.17) is 4.74 Å². The van der Waals surface area contributed by atoms with Gasteiger partial charge in [0.1, 0.15) is 11.6 Å². The van der Waals surface area contributed by atoms with Crippen molar-refractivity contribution < 1.29 is 27.9 Å². The summed E-state index contributed by atoms with van der Waals surface area (Å²) in [6.45, 7) is 4.85. The third-order valence-corrected chi connectivity index (χ3v) is 7.62. The van der Waals surface area contributed by atoms with E-state index in [1.54, 1.807) is 46.0 Å². The molecule has 2 aromatic rings. The first kappa shape index (κ1) is 25.2. The van der Waals surface area contributed by atoms with Crippen LogP contribution in [0.4, 0.5) is 19.3 Å². The molecule has 0 aliphatic carbocycles. The zero-order valence-electron chi connectivity index (χ0n) is 21.3. The zero-order valence-corrected chi connectivity index (χ0v) is 21.3. The smallest absolute Gasteiger partial charge is 0.410 e. The third-order valence-electron chi connectivity index (χ3n) is 7.62. The number of fused-ring (bicyclic) bond motifs is 1. The molecular weight excluding hydrogens is 488 g/mol. The minimum Gasteiger partial charge on any atom is -0.444 e. The number of rotatable bonds is 2. The fourth-order valence-corrected chi connectivity index (χ4v) is 5.54. The molecule has 1 spiro atoms. The predicted octanol–water partition coefficient (Wildman–Crippen LogP) is 2.40. The van der Waals surface area contributed by atoms with E-state index in [2.05, 4.69) is 5.32 Å². The van der Waals surface area contributed by atoms with Crippen molar-refractivity contribution in [1.29, 1.82) is 0 Å². The Morgan fingerprint density at radius 3 is 2.43 bits per heavy atom. The van der Waals surface area contributed by atoms with Gasteiger partial charge in [-0.05, 0) is 51.8 Å². The Bertz CT molecular complexity index is 1350. The van der Waals surface area contributed by atoms with Gasteiger partial charge in [0.15, 0.2) is 0 Å². The Kier molecular flexibility index (Phi) is 5.65. The topological polar surface area (TPSA) is 106 Å². The first-order valence-corrected chi connectivity index (χ1v) is 12.4. The molecule has 5 rings (SSSR count). The van der Waals surface area contributed by atoms with Crippen molar-refractivity contribution in [2.75, 3.05) is 31.1 Å². The largest absolute Gasteiger partial charge is 0.444 e. The van der Waals surface area contributed by atoms with Crippen molar-refractivity contribution in [3.63, 3.8) is 0 Å². The molecule has 1 N–H and O–H groups in total. The summed E-state index contributed by atoms with van der Waals surface area (Å²) in [5, 5.41) is 2.28. The molecule has 1 atom stereocenters. The molecule has 200 valence electrons. The van der Waals surface area contributed by atoms with Crippen LogP contribution in [0.1, 0.15) is 46.1 Å². The molecule has 0 bridgehead atoms. The number of amides is 3. The van der Waals surface area contributed by atoms with Crippen molar-refractivity contribution >= 4 is 34.6 Å². The van der Waals surface area contributed by atoms with Gasteiger partial charge < -0.3 is 14.5 Å². The third kappa shape index (κ3) is 4.15. The Morgan fingerprint density at radius 2 is 1.81 bits per heavy atom. The highest BCUT2D eigenvalue weighted by molar-refractivity contribution is 6.00. The van der Waals surface area contributed by atoms with Crippen LogP contribution in [-0.2, 0) is 21.4 Å². The van der Waals surface area contributed by atoms with Crippen LogP contribution in [0, 0.1) is 5.41 Å². The summed E-state index contributed by atoms with van der Waals surface area (Å²) in [7, 11) is 1.59. The van der Waals surface area contributed by atoms with Gasteiger partial charge in [-0.15, -0.1) is 0 Å². The van der Waals surface area contributed by atoms with Crippen molar-refractivity contribution in [1.82, 2.24) is 19.4 Å². The number of nitrogens with one attached hydrogen (secondary N) is 1. The number of carbonyl (C=O) groups is 3.